The van der Waals surface area contributed by atoms with Crippen molar-refractivity contribution in [2.45, 2.75) is 26.2 Å². The van der Waals surface area contributed by atoms with Crippen LogP contribution in [0.1, 0.15) is 24.6 Å². The maximum atomic E-state index is 12.2. The Morgan fingerprint density at radius 2 is 1.97 bits per heavy atom. The first-order chi connectivity index (χ1) is 14.1. The summed E-state index contributed by atoms with van der Waals surface area (Å²) in [6.45, 7) is 1.79. The fourth-order valence-corrected chi connectivity index (χ4v) is 2.96. The van der Waals surface area contributed by atoms with E-state index in [0.717, 1.165) is 16.8 Å². The Morgan fingerprint density at radius 1 is 1.14 bits per heavy atom. The Morgan fingerprint density at radius 3 is 2.76 bits per heavy atom. The van der Waals surface area contributed by atoms with Gasteiger partial charge in [0.25, 0.3) is 0 Å². The summed E-state index contributed by atoms with van der Waals surface area (Å²) in [6.07, 6.45) is 1.47. The Hall–Kier alpha value is -3.68. The molecule has 0 bridgehead atoms. The topological polar surface area (TPSA) is 103 Å². The quantitative estimate of drug-likeness (QED) is 0.504. The van der Waals surface area contributed by atoms with Crippen LogP contribution in [0.25, 0.3) is 22.5 Å². The number of amides is 1. The largest absolute Gasteiger partial charge is 0.497 e. The number of carbonyl (C=O) groups excluding carboxylic acids is 1. The Bertz CT molecular complexity index is 1130. The van der Waals surface area contributed by atoms with Crippen LogP contribution < -0.4 is 10.1 Å². The van der Waals surface area contributed by atoms with Gasteiger partial charge in [0.1, 0.15) is 11.3 Å². The van der Waals surface area contributed by atoms with Crippen molar-refractivity contribution < 1.29 is 18.5 Å². The van der Waals surface area contributed by atoms with E-state index >= 15 is 0 Å². The molecule has 0 spiro atoms. The number of carbonyl (C=O) groups is 1. The highest BCUT2D eigenvalue weighted by Gasteiger charge is 2.11. The smallest absolute Gasteiger partial charge is 0.226 e. The molecule has 0 saturated heterocycles. The van der Waals surface area contributed by atoms with E-state index in [-0.39, 0.29) is 5.91 Å². The van der Waals surface area contributed by atoms with E-state index in [1.807, 2.05) is 24.3 Å². The van der Waals surface area contributed by atoms with Gasteiger partial charge in [-0.15, -0.1) is 0 Å². The number of anilines is 1. The van der Waals surface area contributed by atoms with Gasteiger partial charge in [-0.2, -0.15) is 4.98 Å². The van der Waals surface area contributed by atoms with Crippen LogP contribution in [0, 0.1) is 6.92 Å². The predicted octanol–water partition coefficient (Wildman–Crippen LogP) is 4.16. The van der Waals surface area contributed by atoms with Crippen LogP contribution in [0.15, 0.2) is 51.4 Å². The lowest BCUT2D eigenvalue weighted by Gasteiger charge is -2.04. The predicted molar refractivity (Wildman–Crippen MR) is 107 cm³/mol. The lowest BCUT2D eigenvalue weighted by Crippen LogP contribution is -2.11. The fourth-order valence-electron chi connectivity index (χ4n) is 2.96. The van der Waals surface area contributed by atoms with Crippen molar-refractivity contribution in [3.05, 3.63) is 54.2 Å². The summed E-state index contributed by atoms with van der Waals surface area (Å²) in [5.41, 5.74) is 2.95. The fraction of sp³-hybridized carbons (Fsp3) is 0.238. The standard InChI is InChI=1S/C21H20N4O4/c1-13-22-17-12-15(8-11-18(17)28-13)23-19(26)4-3-5-20-24-21(25-29-20)14-6-9-16(27-2)10-7-14/h6-12H,3-5H2,1-2H3,(H,23,26). The second kappa shape index (κ2) is 8.14. The molecule has 4 aromatic rings. The number of rotatable bonds is 7. The number of hydrogen-bond acceptors (Lipinski definition) is 7. The minimum Gasteiger partial charge on any atom is -0.497 e. The number of aryl methyl sites for hydroxylation is 2. The lowest BCUT2D eigenvalue weighted by molar-refractivity contribution is -0.116. The van der Waals surface area contributed by atoms with Gasteiger partial charge in [0.15, 0.2) is 11.5 Å². The van der Waals surface area contributed by atoms with Crippen molar-refractivity contribution in [1.29, 1.82) is 0 Å². The van der Waals surface area contributed by atoms with Gasteiger partial charge in [-0.1, -0.05) is 5.16 Å². The molecule has 148 valence electrons. The number of fused-ring (bicyclic) bond motifs is 1. The first-order valence-corrected chi connectivity index (χ1v) is 9.25. The first kappa shape index (κ1) is 18.7. The van der Waals surface area contributed by atoms with E-state index in [9.17, 15) is 4.79 Å². The van der Waals surface area contributed by atoms with E-state index in [0.29, 0.717) is 48.1 Å². The van der Waals surface area contributed by atoms with Gasteiger partial charge in [0.2, 0.25) is 17.6 Å². The van der Waals surface area contributed by atoms with E-state index in [1.165, 1.54) is 0 Å². The number of benzene rings is 2. The van der Waals surface area contributed by atoms with Crippen molar-refractivity contribution in [2.75, 3.05) is 12.4 Å². The Kier molecular flexibility index (Phi) is 5.24. The molecule has 0 aliphatic carbocycles. The summed E-state index contributed by atoms with van der Waals surface area (Å²) in [7, 11) is 1.62. The minimum absolute atomic E-state index is 0.0838. The lowest BCUT2D eigenvalue weighted by atomic mass is 10.2. The van der Waals surface area contributed by atoms with E-state index in [1.54, 1.807) is 32.2 Å². The van der Waals surface area contributed by atoms with Gasteiger partial charge in [-0.25, -0.2) is 4.98 Å². The maximum Gasteiger partial charge on any atom is 0.226 e. The molecule has 0 aliphatic rings. The average molecular weight is 392 g/mol. The minimum atomic E-state index is -0.0838. The number of hydrogen-bond donors (Lipinski definition) is 1. The third kappa shape index (κ3) is 4.43. The molecule has 0 fully saturated rings. The molecule has 2 aromatic carbocycles. The van der Waals surface area contributed by atoms with E-state index in [4.69, 9.17) is 13.7 Å². The molecule has 2 aromatic heterocycles. The number of nitrogens with zero attached hydrogens (tertiary/aromatic N) is 3. The molecule has 0 unspecified atom stereocenters. The van der Waals surface area contributed by atoms with E-state index < -0.39 is 0 Å². The molecule has 4 rings (SSSR count). The zero-order chi connectivity index (χ0) is 20.2. The maximum absolute atomic E-state index is 12.2. The van der Waals surface area contributed by atoms with Crippen LogP contribution >= 0.6 is 0 Å². The third-order valence-corrected chi connectivity index (χ3v) is 4.39. The molecule has 0 aliphatic heterocycles. The highest BCUT2D eigenvalue weighted by molar-refractivity contribution is 5.92. The summed E-state index contributed by atoms with van der Waals surface area (Å²) in [5, 5.41) is 6.87. The molecule has 8 heteroatoms. The normalized spacial score (nSPS) is 11.0. The van der Waals surface area contributed by atoms with Crippen LogP contribution in [-0.4, -0.2) is 28.1 Å². The monoisotopic (exact) mass is 392 g/mol. The molecule has 0 radical (unpaired) electrons. The first-order valence-electron chi connectivity index (χ1n) is 9.25. The van der Waals surface area contributed by atoms with Crippen molar-refractivity contribution in [1.82, 2.24) is 15.1 Å². The summed E-state index contributed by atoms with van der Waals surface area (Å²) >= 11 is 0. The Labute approximate surface area is 166 Å². The highest BCUT2D eigenvalue weighted by atomic mass is 16.5. The molecule has 8 nitrogen and oxygen atoms in total. The van der Waals surface area contributed by atoms with Crippen LogP contribution in [-0.2, 0) is 11.2 Å². The number of ether oxygens (including phenoxy) is 1. The molecule has 0 saturated carbocycles. The molecule has 29 heavy (non-hydrogen) atoms. The van der Waals surface area contributed by atoms with E-state index in [2.05, 4.69) is 20.4 Å². The van der Waals surface area contributed by atoms with Crippen LogP contribution in [0.5, 0.6) is 5.75 Å². The highest BCUT2D eigenvalue weighted by Crippen LogP contribution is 2.21. The Balaban J connectivity index is 1.29. The molecular formula is C21H20N4O4. The summed E-state index contributed by atoms with van der Waals surface area (Å²) < 4.78 is 15.9. The van der Waals surface area contributed by atoms with Crippen molar-refractivity contribution >= 4 is 22.7 Å². The molecule has 2 heterocycles. The molecule has 0 atom stereocenters. The molecular weight excluding hydrogens is 372 g/mol. The van der Waals surface area contributed by atoms with Gasteiger partial charge in [0, 0.05) is 31.0 Å². The third-order valence-electron chi connectivity index (χ3n) is 4.39. The molecule has 1 N–H and O–H groups in total. The number of nitrogens with one attached hydrogen (secondary N) is 1. The summed E-state index contributed by atoms with van der Waals surface area (Å²) in [5.74, 6) is 2.30. The average Bonchev–Trinajstić information content (AvgIpc) is 3.33. The van der Waals surface area contributed by atoms with Gasteiger partial charge >= 0.3 is 0 Å². The second-order valence-electron chi connectivity index (χ2n) is 6.56. The van der Waals surface area contributed by atoms with Gasteiger partial charge < -0.3 is 19.0 Å². The number of methoxy groups -OCH3 is 1. The molecule has 1 amide bonds. The summed E-state index contributed by atoms with van der Waals surface area (Å²) in [6, 6.07) is 12.8. The zero-order valence-corrected chi connectivity index (χ0v) is 16.1. The number of aromatic nitrogens is 3. The van der Waals surface area contributed by atoms with Crippen LogP contribution in [0.2, 0.25) is 0 Å². The van der Waals surface area contributed by atoms with Crippen molar-refractivity contribution in [2.24, 2.45) is 0 Å². The van der Waals surface area contributed by atoms with Gasteiger partial charge in [-0.05, 0) is 48.9 Å². The second-order valence-corrected chi connectivity index (χ2v) is 6.56. The van der Waals surface area contributed by atoms with Crippen molar-refractivity contribution in [3.8, 4) is 17.1 Å². The SMILES string of the molecule is COc1ccc(-c2noc(CCCC(=O)Nc3ccc4oc(C)nc4c3)n2)cc1. The van der Waals surface area contributed by atoms with Crippen LogP contribution in [0.3, 0.4) is 0 Å². The van der Waals surface area contributed by atoms with Gasteiger partial charge in [0.05, 0.1) is 7.11 Å². The zero-order valence-electron chi connectivity index (χ0n) is 16.1. The van der Waals surface area contributed by atoms with Crippen molar-refractivity contribution in [3.63, 3.8) is 0 Å². The summed E-state index contributed by atoms with van der Waals surface area (Å²) in [4.78, 5) is 20.8. The number of oxazole rings is 1. The van der Waals surface area contributed by atoms with Crippen LogP contribution in [0.4, 0.5) is 5.69 Å². The van der Waals surface area contributed by atoms with Gasteiger partial charge in [-0.3, -0.25) is 4.79 Å².